The second-order valence-corrected chi connectivity index (χ2v) is 5.01. The highest BCUT2D eigenvalue weighted by Gasteiger charge is 2.21. The number of aliphatic hydroxyl groups is 1. The van der Waals surface area contributed by atoms with Crippen LogP contribution < -0.4 is 10.1 Å². The Morgan fingerprint density at radius 2 is 2.00 bits per heavy atom. The molecular weight excluding hydrogens is 256 g/mol. The molecule has 2 N–H and O–H groups in total. The third-order valence-corrected chi connectivity index (χ3v) is 3.55. The molecule has 0 aliphatic carbocycles. The number of carbonyl (C=O) groups excluding carboxylic acids is 1. The van der Waals surface area contributed by atoms with E-state index in [-0.39, 0.29) is 12.6 Å². The Bertz CT molecular complexity index is 403. The predicted molar refractivity (Wildman–Crippen MR) is 76.7 cm³/mol. The molecule has 0 spiro atoms. The third-order valence-electron chi connectivity index (χ3n) is 3.55. The summed E-state index contributed by atoms with van der Waals surface area (Å²) >= 11 is 0. The second-order valence-electron chi connectivity index (χ2n) is 5.01. The van der Waals surface area contributed by atoms with Gasteiger partial charge in [0.1, 0.15) is 12.4 Å². The average molecular weight is 278 g/mol. The number of amides is 2. The van der Waals surface area contributed by atoms with Crippen LogP contribution >= 0.6 is 0 Å². The number of urea groups is 1. The van der Waals surface area contributed by atoms with Crippen molar-refractivity contribution in [2.24, 2.45) is 5.92 Å². The molecule has 1 aromatic rings. The number of aliphatic hydroxyl groups excluding tert-OH is 1. The van der Waals surface area contributed by atoms with Gasteiger partial charge in [0.05, 0.1) is 6.54 Å². The molecule has 5 heteroatoms. The molecule has 1 aromatic carbocycles. The van der Waals surface area contributed by atoms with Gasteiger partial charge in [0.25, 0.3) is 0 Å². The zero-order chi connectivity index (χ0) is 14.2. The van der Waals surface area contributed by atoms with Crippen LogP contribution in [0.1, 0.15) is 12.8 Å². The normalized spacial score (nSPS) is 15.9. The van der Waals surface area contributed by atoms with E-state index in [2.05, 4.69) is 5.32 Å². The SMILES string of the molecule is O=C(NCCOc1ccccc1)N1CCC(CO)CC1. The third kappa shape index (κ3) is 4.42. The van der Waals surface area contributed by atoms with Crippen LogP contribution in [0.25, 0.3) is 0 Å². The van der Waals surface area contributed by atoms with E-state index in [1.165, 1.54) is 0 Å². The Balaban J connectivity index is 1.61. The Morgan fingerprint density at radius 3 is 2.65 bits per heavy atom. The fourth-order valence-corrected chi connectivity index (χ4v) is 2.27. The van der Waals surface area contributed by atoms with E-state index in [0.717, 1.165) is 31.7 Å². The first-order valence-electron chi connectivity index (χ1n) is 7.11. The molecule has 0 radical (unpaired) electrons. The van der Waals surface area contributed by atoms with Gasteiger partial charge < -0.3 is 20.1 Å². The van der Waals surface area contributed by atoms with Crippen molar-refractivity contribution in [2.75, 3.05) is 32.8 Å². The Labute approximate surface area is 119 Å². The van der Waals surface area contributed by atoms with Crippen LogP contribution in [0.3, 0.4) is 0 Å². The molecule has 0 aromatic heterocycles. The monoisotopic (exact) mass is 278 g/mol. The molecular formula is C15H22N2O3. The summed E-state index contributed by atoms with van der Waals surface area (Å²) in [6.45, 7) is 2.62. The number of benzene rings is 1. The number of hydrogen-bond acceptors (Lipinski definition) is 3. The van der Waals surface area contributed by atoms with Crippen molar-refractivity contribution in [2.45, 2.75) is 12.8 Å². The first kappa shape index (κ1) is 14.7. The van der Waals surface area contributed by atoms with Gasteiger partial charge in [-0.2, -0.15) is 0 Å². The number of carbonyl (C=O) groups is 1. The van der Waals surface area contributed by atoms with Crippen LogP contribution in [0, 0.1) is 5.92 Å². The van der Waals surface area contributed by atoms with Crippen molar-refractivity contribution in [1.29, 1.82) is 0 Å². The van der Waals surface area contributed by atoms with Gasteiger partial charge in [0.2, 0.25) is 0 Å². The van der Waals surface area contributed by atoms with Gasteiger partial charge in [-0.25, -0.2) is 4.79 Å². The zero-order valence-electron chi connectivity index (χ0n) is 11.6. The standard InChI is InChI=1S/C15H22N2O3/c18-12-13-6-9-17(10-7-13)15(19)16-8-11-20-14-4-2-1-3-5-14/h1-5,13,18H,6-12H2,(H,16,19). The quantitative estimate of drug-likeness (QED) is 0.802. The van der Waals surface area contributed by atoms with Crippen LogP contribution in [-0.2, 0) is 0 Å². The first-order chi connectivity index (χ1) is 9.79. The minimum atomic E-state index is -0.0435. The lowest BCUT2D eigenvalue weighted by Crippen LogP contribution is -2.45. The van der Waals surface area contributed by atoms with Gasteiger partial charge in [-0.15, -0.1) is 0 Å². The summed E-state index contributed by atoms with van der Waals surface area (Å²) in [5.41, 5.74) is 0. The summed E-state index contributed by atoms with van der Waals surface area (Å²) in [6.07, 6.45) is 1.76. The van der Waals surface area contributed by atoms with Gasteiger partial charge in [0, 0.05) is 19.7 Å². The van der Waals surface area contributed by atoms with Crippen molar-refractivity contribution in [1.82, 2.24) is 10.2 Å². The van der Waals surface area contributed by atoms with E-state index in [4.69, 9.17) is 9.84 Å². The van der Waals surface area contributed by atoms with Crippen LogP contribution in [-0.4, -0.2) is 48.9 Å². The van der Waals surface area contributed by atoms with Crippen molar-refractivity contribution in [3.63, 3.8) is 0 Å². The van der Waals surface area contributed by atoms with Crippen molar-refractivity contribution >= 4 is 6.03 Å². The summed E-state index contributed by atoms with van der Waals surface area (Å²) in [5, 5.41) is 11.9. The number of rotatable bonds is 5. The lowest BCUT2D eigenvalue weighted by atomic mass is 9.98. The van der Waals surface area contributed by atoms with Gasteiger partial charge in [-0.05, 0) is 30.9 Å². The van der Waals surface area contributed by atoms with Crippen molar-refractivity contribution in [3.8, 4) is 5.75 Å². The second kappa shape index (κ2) is 7.75. The lowest BCUT2D eigenvalue weighted by Gasteiger charge is -2.31. The minimum Gasteiger partial charge on any atom is -0.492 e. The van der Waals surface area contributed by atoms with E-state index >= 15 is 0 Å². The molecule has 0 bridgehead atoms. The highest BCUT2D eigenvalue weighted by atomic mass is 16.5. The molecule has 0 saturated carbocycles. The topological polar surface area (TPSA) is 61.8 Å². The van der Waals surface area contributed by atoms with Crippen LogP contribution in [0.5, 0.6) is 5.75 Å². The summed E-state index contributed by atoms with van der Waals surface area (Å²) in [5.74, 6) is 1.16. The zero-order valence-corrected chi connectivity index (χ0v) is 11.6. The maximum Gasteiger partial charge on any atom is 0.317 e. The Hall–Kier alpha value is -1.75. The molecule has 1 aliphatic rings. The molecule has 5 nitrogen and oxygen atoms in total. The minimum absolute atomic E-state index is 0.0435. The number of likely N-dealkylation sites (tertiary alicyclic amines) is 1. The lowest BCUT2D eigenvalue weighted by molar-refractivity contribution is 0.136. The molecule has 2 rings (SSSR count). The van der Waals surface area contributed by atoms with Gasteiger partial charge in [0.15, 0.2) is 0 Å². The fraction of sp³-hybridized carbons (Fsp3) is 0.533. The maximum absolute atomic E-state index is 11.9. The van der Waals surface area contributed by atoms with E-state index in [1.54, 1.807) is 4.90 Å². The summed E-state index contributed by atoms with van der Waals surface area (Å²) < 4.78 is 5.51. The van der Waals surface area contributed by atoms with E-state index in [0.29, 0.717) is 19.1 Å². The molecule has 0 unspecified atom stereocenters. The smallest absolute Gasteiger partial charge is 0.317 e. The number of hydrogen-bond donors (Lipinski definition) is 2. The maximum atomic E-state index is 11.9. The number of ether oxygens (including phenoxy) is 1. The van der Waals surface area contributed by atoms with Crippen LogP contribution in [0.2, 0.25) is 0 Å². The highest BCUT2D eigenvalue weighted by molar-refractivity contribution is 5.74. The van der Waals surface area contributed by atoms with Crippen LogP contribution in [0.4, 0.5) is 4.79 Å². The van der Waals surface area contributed by atoms with E-state index in [9.17, 15) is 4.79 Å². The van der Waals surface area contributed by atoms with E-state index in [1.807, 2.05) is 30.3 Å². The molecule has 1 fully saturated rings. The molecule has 1 saturated heterocycles. The molecule has 1 aliphatic heterocycles. The predicted octanol–water partition coefficient (Wildman–Crippen LogP) is 1.48. The summed E-state index contributed by atoms with van der Waals surface area (Å²) in [7, 11) is 0. The summed E-state index contributed by atoms with van der Waals surface area (Å²) in [6, 6.07) is 9.50. The molecule has 1 heterocycles. The average Bonchev–Trinajstić information content (AvgIpc) is 2.52. The van der Waals surface area contributed by atoms with Crippen molar-refractivity contribution < 1.29 is 14.6 Å². The van der Waals surface area contributed by atoms with E-state index < -0.39 is 0 Å². The Morgan fingerprint density at radius 1 is 1.30 bits per heavy atom. The molecule has 2 amide bonds. The van der Waals surface area contributed by atoms with Gasteiger partial charge in [-0.1, -0.05) is 18.2 Å². The number of para-hydroxylation sites is 1. The largest absolute Gasteiger partial charge is 0.492 e. The number of nitrogens with one attached hydrogen (secondary N) is 1. The van der Waals surface area contributed by atoms with Crippen LogP contribution in [0.15, 0.2) is 30.3 Å². The molecule has 110 valence electrons. The van der Waals surface area contributed by atoms with Crippen molar-refractivity contribution in [3.05, 3.63) is 30.3 Å². The fourth-order valence-electron chi connectivity index (χ4n) is 2.27. The van der Waals surface area contributed by atoms with Gasteiger partial charge in [-0.3, -0.25) is 0 Å². The molecule has 0 atom stereocenters. The highest BCUT2D eigenvalue weighted by Crippen LogP contribution is 2.16. The number of nitrogens with zero attached hydrogens (tertiary/aromatic N) is 1. The molecule has 20 heavy (non-hydrogen) atoms. The van der Waals surface area contributed by atoms with Gasteiger partial charge >= 0.3 is 6.03 Å². The first-order valence-corrected chi connectivity index (χ1v) is 7.11. The Kier molecular flexibility index (Phi) is 5.68. The summed E-state index contributed by atoms with van der Waals surface area (Å²) in [4.78, 5) is 13.7. The number of piperidine rings is 1.